The van der Waals surface area contributed by atoms with E-state index in [1.54, 1.807) is 0 Å². The molecular formula is C15H16BrFN4O3S. The van der Waals surface area contributed by atoms with Crippen LogP contribution in [-0.4, -0.2) is 40.3 Å². The van der Waals surface area contributed by atoms with Crippen LogP contribution in [0.5, 0.6) is 0 Å². The van der Waals surface area contributed by atoms with Crippen molar-refractivity contribution < 1.29 is 19.0 Å². The smallest absolute Gasteiger partial charge is 0.186 e. The summed E-state index contributed by atoms with van der Waals surface area (Å²) in [4.78, 5) is 4.24. The number of hydrogen-bond acceptors (Lipinski definition) is 7. The van der Waals surface area contributed by atoms with Gasteiger partial charge in [0.05, 0.1) is 10.2 Å². The lowest BCUT2D eigenvalue weighted by Gasteiger charge is -2.20. The van der Waals surface area contributed by atoms with Crippen molar-refractivity contribution >= 4 is 39.2 Å². The summed E-state index contributed by atoms with van der Waals surface area (Å²) in [7, 11) is 0. The summed E-state index contributed by atoms with van der Waals surface area (Å²) in [6, 6.07) is 4.26. The number of amidine groups is 1. The maximum atomic E-state index is 13.3. The van der Waals surface area contributed by atoms with Gasteiger partial charge in [-0.05, 0) is 63.2 Å². The van der Waals surface area contributed by atoms with Crippen LogP contribution >= 0.6 is 27.7 Å². The predicted molar refractivity (Wildman–Crippen MR) is 93.8 cm³/mol. The minimum absolute atomic E-state index is 0.0780. The molecule has 0 aliphatic carbocycles. The second-order valence-electron chi connectivity index (χ2n) is 5.46. The first kappa shape index (κ1) is 18.3. The molecule has 25 heavy (non-hydrogen) atoms. The molecule has 134 valence electrons. The average Bonchev–Trinajstić information content (AvgIpc) is 3.10. The van der Waals surface area contributed by atoms with Crippen LogP contribution in [0.1, 0.15) is 18.5 Å². The van der Waals surface area contributed by atoms with Crippen molar-refractivity contribution in [1.82, 2.24) is 15.8 Å². The molecule has 0 amide bonds. The highest BCUT2D eigenvalue weighted by Gasteiger charge is 2.20. The summed E-state index contributed by atoms with van der Waals surface area (Å²) in [5, 5.41) is 17.7. The SMILES string of the molecule is ONC(=Nc1ccc(F)c(Br)c1)c1nonc1SCC1CCOCC1. The summed E-state index contributed by atoms with van der Waals surface area (Å²) in [6.45, 7) is 1.55. The topological polar surface area (TPSA) is 92.8 Å². The Balaban J connectivity index is 1.75. The lowest BCUT2D eigenvalue weighted by atomic mass is 10.0. The Labute approximate surface area is 156 Å². The van der Waals surface area contributed by atoms with Gasteiger partial charge in [-0.3, -0.25) is 10.7 Å². The number of aliphatic imine (C=N–C) groups is 1. The van der Waals surface area contributed by atoms with Crippen LogP contribution in [-0.2, 0) is 4.74 Å². The van der Waals surface area contributed by atoms with Gasteiger partial charge in [0.15, 0.2) is 16.6 Å². The third kappa shape index (κ3) is 4.78. The van der Waals surface area contributed by atoms with Gasteiger partial charge < -0.3 is 4.74 Å². The first-order chi connectivity index (χ1) is 12.2. The number of ether oxygens (including phenoxy) is 1. The number of halogens is 2. The van der Waals surface area contributed by atoms with E-state index >= 15 is 0 Å². The quantitative estimate of drug-likeness (QED) is 0.324. The number of nitrogens with zero attached hydrogens (tertiary/aromatic N) is 3. The monoisotopic (exact) mass is 430 g/mol. The number of nitrogens with one attached hydrogen (secondary N) is 1. The minimum atomic E-state index is -0.395. The van der Waals surface area contributed by atoms with Gasteiger partial charge in [-0.2, -0.15) is 0 Å². The van der Waals surface area contributed by atoms with Gasteiger partial charge in [-0.15, -0.1) is 11.8 Å². The predicted octanol–water partition coefficient (Wildman–Crippen LogP) is 3.55. The fourth-order valence-corrected chi connectivity index (χ4v) is 3.79. The lowest BCUT2D eigenvalue weighted by Crippen LogP contribution is -2.21. The third-order valence-corrected chi connectivity index (χ3v) is 5.52. The molecule has 0 spiro atoms. The number of benzene rings is 1. The molecule has 2 N–H and O–H groups in total. The third-order valence-electron chi connectivity index (χ3n) is 3.73. The van der Waals surface area contributed by atoms with Crippen molar-refractivity contribution in [3.63, 3.8) is 0 Å². The standard InChI is InChI=1S/C15H16BrFN4O3S/c16-11-7-10(1-2-12(11)17)18-14(19-22)13-15(21-24-20-13)25-8-9-3-5-23-6-4-9/h1-2,7,9,22H,3-6,8H2,(H,18,19). The van der Waals surface area contributed by atoms with Gasteiger partial charge in [0.1, 0.15) is 5.82 Å². The van der Waals surface area contributed by atoms with Gasteiger partial charge in [-0.25, -0.2) is 14.0 Å². The van der Waals surface area contributed by atoms with Crippen molar-refractivity contribution in [1.29, 1.82) is 0 Å². The molecule has 1 saturated heterocycles. The molecular weight excluding hydrogens is 415 g/mol. The average molecular weight is 431 g/mol. The highest BCUT2D eigenvalue weighted by molar-refractivity contribution is 9.10. The molecule has 1 aromatic heterocycles. The molecule has 1 aromatic carbocycles. The Hall–Kier alpha value is -1.49. The fraction of sp³-hybridized carbons (Fsp3) is 0.400. The van der Waals surface area contributed by atoms with E-state index in [1.165, 1.54) is 30.0 Å². The fourth-order valence-electron chi connectivity index (χ4n) is 2.34. The van der Waals surface area contributed by atoms with E-state index in [2.05, 4.69) is 31.2 Å². The van der Waals surface area contributed by atoms with Crippen LogP contribution in [0.15, 0.2) is 37.3 Å². The van der Waals surface area contributed by atoms with Crippen molar-refractivity contribution in [2.75, 3.05) is 19.0 Å². The Morgan fingerprint density at radius 3 is 2.92 bits per heavy atom. The Bertz CT molecular complexity index is 752. The first-order valence-electron chi connectivity index (χ1n) is 7.64. The molecule has 0 radical (unpaired) electrons. The Morgan fingerprint density at radius 2 is 2.20 bits per heavy atom. The molecule has 1 fully saturated rings. The molecule has 0 saturated carbocycles. The molecule has 0 bridgehead atoms. The van der Waals surface area contributed by atoms with Crippen molar-refractivity contribution in [2.24, 2.45) is 10.9 Å². The molecule has 10 heteroatoms. The zero-order valence-electron chi connectivity index (χ0n) is 13.1. The van der Waals surface area contributed by atoms with Gasteiger partial charge >= 0.3 is 0 Å². The second-order valence-corrected chi connectivity index (χ2v) is 7.32. The zero-order chi connectivity index (χ0) is 17.6. The largest absolute Gasteiger partial charge is 0.381 e. The first-order valence-corrected chi connectivity index (χ1v) is 9.42. The molecule has 1 aliphatic heterocycles. The van der Waals surface area contributed by atoms with Crippen LogP contribution < -0.4 is 5.48 Å². The Kier molecular flexibility index (Phi) is 6.40. The van der Waals surface area contributed by atoms with Gasteiger partial charge in [0, 0.05) is 19.0 Å². The normalized spacial score (nSPS) is 16.2. The molecule has 3 rings (SSSR count). The number of rotatable bonds is 5. The second kappa shape index (κ2) is 8.75. The molecule has 1 aliphatic rings. The molecule has 2 heterocycles. The summed E-state index contributed by atoms with van der Waals surface area (Å²) in [6.07, 6.45) is 2.02. The van der Waals surface area contributed by atoms with Crippen LogP contribution in [0.4, 0.5) is 10.1 Å². The lowest BCUT2D eigenvalue weighted by molar-refractivity contribution is 0.0728. The van der Waals surface area contributed by atoms with Crippen LogP contribution in [0.2, 0.25) is 0 Å². The van der Waals surface area contributed by atoms with Crippen LogP contribution in [0.3, 0.4) is 0 Å². The van der Waals surface area contributed by atoms with E-state index < -0.39 is 5.82 Å². The van der Waals surface area contributed by atoms with Crippen molar-refractivity contribution in [3.8, 4) is 0 Å². The van der Waals surface area contributed by atoms with Crippen molar-refractivity contribution in [3.05, 3.63) is 34.2 Å². The number of thioether (sulfide) groups is 1. The minimum Gasteiger partial charge on any atom is -0.381 e. The van der Waals surface area contributed by atoms with E-state index in [0.717, 1.165) is 31.8 Å². The van der Waals surface area contributed by atoms with Crippen LogP contribution in [0, 0.1) is 11.7 Å². The summed E-state index contributed by atoms with van der Waals surface area (Å²) >= 11 is 4.60. The van der Waals surface area contributed by atoms with E-state index in [9.17, 15) is 9.60 Å². The summed E-state index contributed by atoms with van der Waals surface area (Å²) in [5.41, 5.74) is 2.75. The molecule has 2 aromatic rings. The Morgan fingerprint density at radius 1 is 1.40 bits per heavy atom. The van der Waals surface area contributed by atoms with E-state index in [-0.39, 0.29) is 10.3 Å². The van der Waals surface area contributed by atoms with Gasteiger partial charge in [0.25, 0.3) is 0 Å². The number of aromatic nitrogens is 2. The molecule has 7 nitrogen and oxygen atoms in total. The van der Waals surface area contributed by atoms with E-state index in [0.29, 0.717) is 22.3 Å². The van der Waals surface area contributed by atoms with Crippen LogP contribution in [0.25, 0.3) is 0 Å². The van der Waals surface area contributed by atoms with Gasteiger partial charge in [-0.1, -0.05) is 0 Å². The van der Waals surface area contributed by atoms with Crippen molar-refractivity contribution in [2.45, 2.75) is 17.9 Å². The van der Waals surface area contributed by atoms with E-state index in [4.69, 9.17) is 9.37 Å². The maximum absolute atomic E-state index is 13.3. The highest BCUT2D eigenvalue weighted by Crippen LogP contribution is 2.27. The van der Waals surface area contributed by atoms with Gasteiger partial charge in [0.2, 0.25) is 0 Å². The number of hydroxylamine groups is 1. The molecule has 0 unspecified atom stereocenters. The highest BCUT2D eigenvalue weighted by atomic mass is 79.9. The van der Waals surface area contributed by atoms with E-state index in [1.807, 2.05) is 5.48 Å². The molecule has 0 atom stereocenters. The zero-order valence-corrected chi connectivity index (χ0v) is 15.5. The summed E-state index contributed by atoms with van der Waals surface area (Å²) in [5.74, 6) is 1.08. The maximum Gasteiger partial charge on any atom is 0.186 e. The number of hydrogen-bond donors (Lipinski definition) is 2. The summed E-state index contributed by atoms with van der Waals surface area (Å²) < 4.78 is 23.8.